The maximum absolute atomic E-state index is 12.4. The number of hydrogen-bond donors (Lipinski definition) is 2. The van der Waals surface area contributed by atoms with Crippen LogP contribution in [0.15, 0.2) is 79.1 Å². The fourth-order valence-corrected chi connectivity index (χ4v) is 3.24. The lowest BCUT2D eigenvalue weighted by Crippen LogP contribution is -2.25. The third-order valence-corrected chi connectivity index (χ3v) is 4.88. The third kappa shape index (κ3) is 4.90. The van der Waals surface area contributed by atoms with Crippen molar-refractivity contribution in [3.8, 4) is 11.5 Å². The number of hydrogen-bond acceptors (Lipinski definition) is 4. The van der Waals surface area contributed by atoms with Crippen molar-refractivity contribution in [1.29, 1.82) is 0 Å². The van der Waals surface area contributed by atoms with Gasteiger partial charge in [0.15, 0.2) is 0 Å². The minimum atomic E-state index is -0.486. The Balaban J connectivity index is 1.26. The second kappa shape index (κ2) is 9.13. The molecule has 0 atom stereocenters. The van der Waals surface area contributed by atoms with Gasteiger partial charge in [-0.25, -0.2) is 4.98 Å². The smallest absolute Gasteiger partial charge is 0.251 e. The van der Waals surface area contributed by atoms with Gasteiger partial charge in [-0.3, -0.25) is 9.59 Å². The van der Waals surface area contributed by atoms with Gasteiger partial charge in [0.2, 0.25) is 5.91 Å². The first kappa shape index (κ1) is 20.2. The van der Waals surface area contributed by atoms with Gasteiger partial charge in [-0.05, 0) is 67.1 Å². The Hall–Kier alpha value is -4.13. The summed E-state index contributed by atoms with van der Waals surface area (Å²) >= 11 is 0. The lowest BCUT2D eigenvalue weighted by Gasteiger charge is -2.09. The standard InChI is InChI=1S/C24H22N4O3/c25-23(29)17-6-10-19(11-7-17)31-20-12-8-18(9-13-20)24(30)26-14-3-15-28-16-27-21-4-1-2-5-22(21)28/h1-2,4-13,16H,3,14-15H2,(H2,25,29)(H,26,30). The van der Waals surface area contributed by atoms with Crippen molar-refractivity contribution >= 4 is 22.8 Å². The number of rotatable bonds is 8. The van der Waals surface area contributed by atoms with Crippen LogP contribution in [0, 0.1) is 0 Å². The average molecular weight is 414 g/mol. The highest BCUT2D eigenvalue weighted by molar-refractivity contribution is 5.94. The van der Waals surface area contributed by atoms with Gasteiger partial charge in [0.05, 0.1) is 17.4 Å². The molecule has 1 heterocycles. The Morgan fingerprint density at radius 2 is 1.55 bits per heavy atom. The molecule has 0 saturated carbocycles. The predicted molar refractivity (Wildman–Crippen MR) is 118 cm³/mol. The van der Waals surface area contributed by atoms with Crippen molar-refractivity contribution in [3.63, 3.8) is 0 Å². The number of nitrogens with two attached hydrogens (primary N) is 1. The first-order valence-corrected chi connectivity index (χ1v) is 9.96. The van der Waals surface area contributed by atoms with E-state index in [0.717, 1.165) is 24.0 Å². The van der Waals surface area contributed by atoms with Crippen LogP contribution in [0.2, 0.25) is 0 Å². The summed E-state index contributed by atoms with van der Waals surface area (Å²) in [6.45, 7) is 1.35. The van der Waals surface area contributed by atoms with Gasteiger partial charge in [-0.2, -0.15) is 0 Å². The van der Waals surface area contributed by atoms with E-state index in [1.807, 2.05) is 30.6 Å². The molecule has 3 N–H and O–H groups in total. The summed E-state index contributed by atoms with van der Waals surface area (Å²) in [6.07, 6.45) is 2.63. The molecular formula is C24H22N4O3. The van der Waals surface area contributed by atoms with Crippen LogP contribution < -0.4 is 15.8 Å². The topological polar surface area (TPSA) is 99.2 Å². The highest BCUT2D eigenvalue weighted by Gasteiger charge is 2.07. The van der Waals surface area contributed by atoms with Gasteiger partial charge in [-0.15, -0.1) is 0 Å². The van der Waals surface area contributed by atoms with Crippen molar-refractivity contribution in [2.75, 3.05) is 6.54 Å². The second-order valence-electron chi connectivity index (χ2n) is 7.05. The molecule has 0 unspecified atom stereocenters. The summed E-state index contributed by atoms with van der Waals surface area (Å²) in [5.74, 6) is 0.553. The van der Waals surface area contributed by atoms with Crippen molar-refractivity contribution in [3.05, 3.63) is 90.3 Å². The van der Waals surface area contributed by atoms with Crippen LogP contribution in [-0.2, 0) is 6.54 Å². The lowest BCUT2D eigenvalue weighted by atomic mass is 10.2. The number of ether oxygens (including phenoxy) is 1. The van der Waals surface area contributed by atoms with Crippen LogP contribution in [0.4, 0.5) is 0 Å². The quantitative estimate of drug-likeness (QED) is 0.429. The number of nitrogens with zero attached hydrogens (tertiary/aromatic N) is 2. The SMILES string of the molecule is NC(=O)c1ccc(Oc2ccc(C(=O)NCCCn3cnc4ccccc43)cc2)cc1. The maximum Gasteiger partial charge on any atom is 0.251 e. The van der Waals surface area contributed by atoms with Gasteiger partial charge in [0.25, 0.3) is 5.91 Å². The first-order valence-electron chi connectivity index (χ1n) is 9.96. The fraction of sp³-hybridized carbons (Fsp3) is 0.125. The van der Waals surface area contributed by atoms with E-state index in [2.05, 4.69) is 14.9 Å². The molecule has 0 saturated heterocycles. The second-order valence-corrected chi connectivity index (χ2v) is 7.05. The molecule has 1 aromatic heterocycles. The van der Waals surface area contributed by atoms with E-state index < -0.39 is 5.91 Å². The third-order valence-electron chi connectivity index (χ3n) is 4.88. The minimum Gasteiger partial charge on any atom is -0.457 e. The van der Waals surface area contributed by atoms with Crippen LogP contribution in [0.3, 0.4) is 0 Å². The number of fused-ring (bicyclic) bond motifs is 1. The highest BCUT2D eigenvalue weighted by atomic mass is 16.5. The molecule has 7 heteroatoms. The predicted octanol–water partition coefficient (Wildman–Crippen LogP) is 3.75. The van der Waals surface area contributed by atoms with E-state index in [1.54, 1.807) is 48.5 Å². The summed E-state index contributed by atoms with van der Waals surface area (Å²) in [5, 5.41) is 2.94. The van der Waals surface area contributed by atoms with Gasteiger partial charge in [0, 0.05) is 24.2 Å². The number of aryl methyl sites for hydroxylation is 1. The molecule has 0 aliphatic carbocycles. The van der Waals surface area contributed by atoms with Gasteiger partial charge >= 0.3 is 0 Å². The zero-order chi connectivity index (χ0) is 21.6. The van der Waals surface area contributed by atoms with E-state index in [-0.39, 0.29) is 5.91 Å². The van der Waals surface area contributed by atoms with Gasteiger partial charge < -0.3 is 20.4 Å². The summed E-state index contributed by atoms with van der Waals surface area (Å²) in [4.78, 5) is 27.9. The summed E-state index contributed by atoms with van der Waals surface area (Å²) < 4.78 is 7.82. The average Bonchev–Trinajstić information content (AvgIpc) is 3.20. The normalized spacial score (nSPS) is 10.7. The Labute approximate surface area is 179 Å². The molecule has 31 heavy (non-hydrogen) atoms. The molecule has 0 radical (unpaired) electrons. The van der Waals surface area contributed by atoms with Gasteiger partial charge in [0.1, 0.15) is 11.5 Å². The van der Waals surface area contributed by atoms with E-state index in [9.17, 15) is 9.59 Å². The van der Waals surface area contributed by atoms with Crippen molar-refractivity contribution < 1.29 is 14.3 Å². The number of nitrogens with one attached hydrogen (secondary N) is 1. The zero-order valence-corrected chi connectivity index (χ0v) is 16.8. The molecule has 0 aliphatic rings. The number of para-hydroxylation sites is 2. The summed E-state index contributed by atoms with van der Waals surface area (Å²) in [6, 6.07) is 21.4. The number of carbonyl (C=O) groups excluding carboxylic acids is 2. The molecule has 0 aliphatic heterocycles. The van der Waals surface area contributed by atoms with E-state index in [0.29, 0.717) is 29.2 Å². The molecule has 2 amide bonds. The van der Waals surface area contributed by atoms with Crippen molar-refractivity contribution in [2.24, 2.45) is 5.73 Å². The van der Waals surface area contributed by atoms with Crippen molar-refractivity contribution in [1.82, 2.24) is 14.9 Å². The van der Waals surface area contributed by atoms with Crippen LogP contribution in [0.5, 0.6) is 11.5 Å². The van der Waals surface area contributed by atoms with Gasteiger partial charge in [-0.1, -0.05) is 12.1 Å². The number of carbonyl (C=O) groups is 2. The summed E-state index contributed by atoms with van der Waals surface area (Å²) in [5.41, 5.74) is 8.27. The molecule has 4 rings (SSSR count). The maximum atomic E-state index is 12.4. The molecule has 7 nitrogen and oxygen atoms in total. The fourth-order valence-electron chi connectivity index (χ4n) is 3.24. The Bertz CT molecular complexity index is 1200. The molecule has 4 aromatic rings. The molecule has 0 fully saturated rings. The van der Waals surface area contributed by atoms with Crippen LogP contribution in [0.25, 0.3) is 11.0 Å². The number of primary amides is 1. The van der Waals surface area contributed by atoms with E-state index >= 15 is 0 Å². The van der Waals surface area contributed by atoms with Crippen LogP contribution in [0.1, 0.15) is 27.1 Å². The molecular weight excluding hydrogens is 392 g/mol. The van der Waals surface area contributed by atoms with Crippen molar-refractivity contribution in [2.45, 2.75) is 13.0 Å². The van der Waals surface area contributed by atoms with E-state index in [1.165, 1.54) is 0 Å². The molecule has 3 aromatic carbocycles. The van der Waals surface area contributed by atoms with Crippen LogP contribution >= 0.6 is 0 Å². The number of imidazole rings is 1. The summed E-state index contributed by atoms with van der Waals surface area (Å²) in [7, 11) is 0. The number of aromatic nitrogens is 2. The Morgan fingerprint density at radius 1 is 0.903 bits per heavy atom. The minimum absolute atomic E-state index is 0.132. The lowest BCUT2D eigenvalue weighted by molar-refractivity contribution is 0.0951. The first-order chi connectivity index (χ1) is 15.1. The van der Waals surface area contributed by atoms with E-state index in [4.69, 9.17) is 10.5 Å². The number of amides is 2. The Kier molecular flexibility index (Phi) is 5.93. The molecule has 156 valence electrons. The molecule has 0 bridgehead atoms. The van der Waals surface area contributed by atoms with Crippen LogP contribution in [-0.4, -0.2) is 27.9 Å². The zero-order valence-electron chi connectivity index (χ0n) is 16.8. The highest BCUT2D eigenvalue weighted by Crippen LogP contribution is 2.22. The molecule has 0 spiro atoms. The largest absolute Gasteiger partial charge is 0.457 e. The monoisotopic (exact) mass is 414 g/mol. The Morgan fingerprint density at radius 3 is 2.23 bits per heavy atom. The number of benzene rings is 3.